The zero-order valence-electron chi connectivity index (χ0n) is 17.6. The normalized spacial score (nSPS) is 12.1. The fourth-order valence-corrected chi connectivity index (χ4v) is 4.72. The van der Waals surface area contributed by atoms with E-state index in [1.807, 2.05) is 6.07 Å². The lowest BCUT2D eigenvalue weighted by molar-refractivity contribution is -0.117. The highest BCUT2D eigenvalue weighted by molar-refractivity contribution is 7.89. The molecule has 3 aromatic carbocycles. The van der Waals surface area contributed by atoms with Crippen molar-refractivity contribution in [2.24, 2.45) is 5.73 Å². The third kappa shape index (κ3) is 6.32. The maximum absolute atomic E-state index is 13.2. The first kappa shape index (κ1) is 24.2. The van der Waals surface area contributed by atoms with E-state index < -0.39 is 27.9 Å². The number of carbonyl (C=O) groups excluding carboxylic acids is 2. The molecule has 4 N–H and O–H groups in total. The van der Waals surface area contributed by atoms with E-state index in [4.69, 9.17) is 22.1 Å². The van der Waals surface area contributed by atoms with Gasteiger partial charge < -0.3 is 15.8 Å². The molecule has 0 aromatic heterocycles. The number of methoxy groups -OCH3 is 1. The maximum atomic E-state index is 13.2. The van der Waals surface area contributed by atoms with Crippen molar-refractivity contribution < 1.29 is 22.7 Å². The highest BCUT2D eigenvalue weighted by atomic mass is 35.5. The number of ether oxygens (including phenoxy) is 1. The van der Waals surface area contributed by atoms with Crippen LogP contribution in [0.1, 0.15) is 15.9 Å². The Hall–Kier alpha value is -3.40. The molecule has 0 aliphatic rings. The van der Waals surface area contributed by atoms with Crippen LogP contribution in [0.25, 0.3) is 0 Å². The van der Waals surface area contributed by atoms with E-state index in [0.717, 1.165) is 5.56 Å². The molecule has 172 valence electrons. The highest BCUT2D eigenvalue weighted by Crippen LogP contribution is 2.27. The minimum atomic E-state index is -4.18. The van der Waals surface area contributed by atoms with Crippen molar-refractivity contribution in [2.45, 2.75) is 17.4 Å². The molecule has 3 rings (SSSR count). The predicted molar refractivity (Wildman–Crippen MR) is 126 cm³/mol. The second-order valence-electron chi connectivity index (χ2n) is 7.09. The number of rotatable bonds is 9. The Balaban J connectivity index is 1.90. The summed E-state index contributed by atoms with van der Waals surface area (Å²) in [5.41, 5.74) is 6.65. The van der Waals surface area contributed by atoms with Gasteiger partial charge in [-0.15, -0.1) is 0 Å². The van der Waals surface area contributed by atoms with Gasteiger partial charge in [0.05, 0.1) is 7.11 Å². The van der Waals surface area contributed by atoms with Crippen molar-refractivity contribution in [1.29, 1.82) is 0 Å². The number of anilines is 1. The number of hydrogen-bond acceptors (Lipinski definition) is 5. The number of halogens is 1. The molecule has 0 heterocycles. The van der Waals surface area contributed by atoms with Gasteiger partial charge in [-0.2, -0.15) is 4.72 Å². The van der Waals surface area contributed by atoms with Gasteiger partial charge in [0.1, 0.15) is 16.7 Å². The van der Waals surface area contributed by atoms with Gasteiger partial charge in [0.15, 0.2) is 0 Å². The summed E-state index contributed by atoms with van der Waals surface area (Å²) in [7, 11) is -2.84. The highest BCUT2D eigenvalue weighted by Gasteiger charge is 2.28. The minimum absolute atomic E-state index is 0.0906. The number of primary amides is 1. The summed E-state index contributed by atoms with van der Waals surface area (Å²) in [5.74, 6) is -1.10. The van der Waals surface area contributed by atoms with Crippen LogP contribution in [0.2, 0.25) is 5.02 Å². The van der Waals surface area contributed by atoms with E-state index in [1.165, 1.54) is 49.6 Å². The van der Waals surface area contributed by atoms with Gasteiger partial charge >= 0.3 is 0 Å². The summed E-state index contributed by atoms with van der Waals surface area (Å²) in [5, 5.41) is 2.87. The summed E-state index contributed by atoms with van der Waals surface area (Å²) in [6.07, 6.45) is 0.0914. The van der Waals surface area contributed by atoms with Gasteiger partial charge in [0.2, 0.25) is 21.8 Å². The van der Waals surface area contributed by atoms with Crippen molar-refractivity contribution in [1.82, 2.24) is 4.72 Å². The number of hydrogen-bond donors (Lipinski definition) is 3. The molecule has 0 spiro atoms. The second kappa shape index (κ2) is 10.5. The van der Waals surface area contributed by atoms with Gasteiger partial charge in [0, 0.05) is 16.3 Å². The third-order valence-corrected chi connectivity index (χ3v) is 6.48. The van der Waals surface area contributed by atoms with Gasteiger partial charge in [-0.25, -0.2) is 8.42 Å². The number of sulfonamides is 1. The van der Waals surface area contributed by atoms with E-state index in [-0.39, 0.29) is 27.7 Å². The summed E-state index contributed by atoms with van der Waals surface area (Å²) in [4.78, 5) is 24.1. The van der Waals surface area contributed by atoms with Crippen molar-refractivity contribution in [3.63, 3.8) is 0 Å². The summed E-state index contributed by atoms with van der Waals surface area (Å²) in [6, 6.07) is 18.0. The number of nitrogens with one attached hydrogen (secondary N) is 2. The Bertz CT molecular complexity index is 1250. The lowest BCUT2D eigenvalue weighted by atomic mass is 10.1. The average molecular weight is 488 g/mol. The molecule has 0 bridgehead atoms. The van der Waals surface area contributed by atoms with E-state index >= 15 is 0 Å². The van der Waals surface area contributed by atoms with Crippen LogP contribution in [0, 0.1) is 0 Å². The van der Waals surface area contributed by atoms with Crippen LogP contribution in [0.3, 0.4) is 0 Å². The molecule has 0 unspecified atom stereocenters. The Morgan fingerprint density at radius 2 is 1.70 bits per heavy atom. The molecule has 3 aromatic rings. The lowest BCUT2D eigenvalue weighted by Gasteiger charge is -2.20. The topological polar surface area (TPSA) is 128 Å². The first-order valence-corrected chi connectivity index (χ1v) is 11.7. The molecule has 0 radical (unpaired) electrons. The monoisotopic (exact) mass is 487 g/mol. The molecule has 0 aliphatic heterocycles. The van der Waals surface area contributed by atoms with E-state index in [1.54, 1.807) is 24.3 Å². The summed E-state index contributed by atoms with van der Waals surface area (Å²) < 4.78 is 33.9. The molecule has 10 heteroatoms. The quantitative estimate of drug-likeness (QED) is 0.427. The SMILES string of the molecule is COc1ccc(Cl)cc1S(=O)(=O)N[C@@H](Cc1ccccc1)C(=O)Nc1ccc(C(N)=O)cc1. The Kier molecular flexibility index (Phi) is 7.70. The standard InChI is InChI=1S/C23H22ClN3O5S/c1-32-20-12-9-17(24)14-21(20)33(30,31)27-19(13-15-5-3-2-4-6-15)23(29)26-18-10-7-16(8-11-18)22(25)28/h2-12,14,19,27H,13H2,1H3,(H2,25,28)(H,26,29)/t19-/m0/s1. The Morgan fingerprint density at radius 3 is 2.30 bits per heavy atom. The van der Waals surface area contributed by atoms with Gasteiger partial charge in [0.25, 0.3) is 0 Å². The van der Waals surface area contributed by atoms with Crippen LogP contribution in [0.5, 0.6) is 5.75 Å². The average Bonchev–Trinajstić information content (AvgIpc) is 2.79. The zero-order chi connectivity index (χ0) is 24.0. The smallest absolute Gasteiger partial charge is 0.248 e. The minimum Gasteiger partial charge on any atom is -0.495 e. The maximum Gasteiger partial charge on any atom is 0.248 e. The Labute approximate surface area is 196 Å². The van der Waals surface area contributed by atoms with E-state index in [9.17, 15) is 18.0 Å². The number of nitrogens with two attached hydrogens (primary N) is 1. The van der Waals surface area contributed by atoms with Crippen LogP contribution in [-0.2, 0) is 21.2 Å². The molecule has 8 nitrogen and oxygen atoms in total. The van der Waals surface area contributed by atoms with Crippen LogP contribution in [-0.4, -0.2) is 33.4 Å². The van der Waals surface area contributed by atoms with E-state index in [0.29, 0.717) is 5.69 Å². The molecule has 0 saturated heterocycles. The largest absolute Gasteiger partial charge is 0.495 e. The number of carbonyl (C=O) groups is 2. The predicted octanol–water partition coefficient (Wildman–Crippen LogP) is 2.98. The molecule has 0 saturated carbocycles. The molecule has 1 atom stereocenters. The van der Waals surface area contributed by atoms with Gasteiger partial charge in [-0.3, -0.25) is 9.59 Å². The Morgan fingerprint density at radius 1 is 1.03 bits per heavy atom. The first-order chi connectivity index (χ1) is 15.7. The van der Waals surface area contributed by atoms with Crippen LogP contribution >= 0.6 is 11.6 Å². The van der Waals surface area contributed by atoms with Crippen molar-refractivity contribution in [2.75, 3.05) is 12.4 Å². The van der Waals surface area contributed by atoms with Crippen LogP contribution in [0.4, 0.5) is 5.69 Å². The summed E-state index contributed by atoms with van der Waals surface area (Å²) in [6.45, 7) is 0. The molecular formula is C23H22ClN3O5S. The number of benzene rings is 3. The fourth-order valence-electron chi connectivity index (χ4n) is 3.10. The third-order valence-electron chi connectivity index (χ3n) is 4.75. The van der Waals surface area contributed by atoms with Crippen molar-refractivity contribution in [3.8, 4) is 5.75 Å². The molecular weight excluding hydrogens is 466 g/mol. The second-order valence-corrected chi connectivity index (χ2v) is 9.21. The lowest BCUT2D eigenvalue weighted by Crippen LogP contribution is -2.45. The van der Waals surface area contributed by atoms with Gasteiger partial charge in [-0.05, 0) is 54.4 Å². The van der Waals surface area contributed by atoms with Crippen LogP contribution in [0.15, 0.2) is 77.7 Å². The molecule has 0 fully saturated rings. The number of amides is 2. The van der Waals surface area contributed by atoms with Crippen molar-refractivity contribution in [3.05, 3.63) is 88.9 Å². The molecule has 2 amide bonds. The van der Waals surface area contributed by atoms with Gasteiger partial charge in [-0.1, -0.05) is 41.9 Å². The fraction of sp³-hybridized carbons (Fsp3) is 0.130. The summed E-state index contributed by atoms with van der Waals surface area (Å²) >= 11 is 5.99. The van der Waals surface area contributed by atoms with E-state index in [2.05, 4.69) is 10.0 Å². The van der Waals surface area contributed by atoms with Crippen molar-refractivity contribution >= 4 is 39.1 Å². The first-order valence-electron chi connectivity index (χ1n) is 9.80. The molecule has 0 aliphatic carbocycles. The van der Waals surface area contributed by atoms with Crippen LogP contribution < -0.4 is 20.5 Å². The zero-order valence-corrected chi connectivity index (χ0v) is 19.2. The molecule has 33 heavy (non-hydrogen) atoms.